The minimum absolute atomic E-state index is 0.185. The number of carbonyl (C=O) groups is 1. The molecule has 4 rings (SSSR count). The maximum Gasteiger partial charge on any atom is 0.410 e. The first-order valence-corrected chi connectivity index (χ1v) is 10.1. The number of hydrogen-bond donors (Lipinski definition) is 1. The van der Waals surface area contributed by atoms with Crippen molar-refractivity contribution in [2.45, 2.75) is 45.4 Å². The van der Waals surface area contributed by atoms with Crippen LogP contribution in [0.1, 0.15) is 31.9 Å². The van der Waals surface area contributed by atoms with Crippen LogP contribution >= 0.6 is 11.6 Å². The topological polar surface area (TPSA) is 66.4 Å². The molecule has 0 aliphatic carbocycles. The molecule has 3 heterocycles. The molecular weight excluding hydrogens is 380 g/mol. The number of nitrogens with zero attached hydrogens (tertiary/aromatic N) is 3. The highest BCUT2D eigenvalue weighted by atomic mass is 35.5. The van der Waals surface area contributed by atoms with E-state index < -0.39 is 5.60 Å². The van der Waals surface area contributed by atoms with Crippen molar-refractivity contribution in [2.75, 3.05) is 32.8 Å². The van der Waals surface area contributed by atoms with E-state index in [0.29, 0.717) is 32.8 Å². The Hall–Kier alpha value is -2.15. The Morgan fingerprint density at radius 3 is 3.00 bits per heavy atom. The molecule has 1 atom stereocenters. The molecule has 0 radical (unpaired) electrons. The fourth-order valence-electron chi connectivity index (χ4n) is 3.87. The molecular formula is C20H27ClN4O3. The summed E-state index contributed by atoms with van der Waals surface area (Å²) in [5.74, 6) is 1.82. The van der Waals surface area contributed by atoms with Gasteiger partial charge in [-0.2, -0.15) is 0 Å². The lowest BCUT2D eigenvalue weighted by Gasteiger charge is -2.39. The lowest BCUT2D eigenvalue weighted by atomic mass is 10.1. The van der Waals surface area contributed by atoms with Crippen molar-refractivity contribution in [1.82, 2.24) is 15.1 Å². The van der Waals surface area contributed by atoms with Crippen LogP contribution in [0.25, 0.3) is 0 Å². The van der Waals surface area contributed by atoms with Crippen molar-refractivity contribution < 1.29 is 14.3 Å². The third-order valence-corrected chi connectivity index (χ3v) is 5.34. The summed E-state index contributed by atoms with van der Waals surface area (Å²) >= 11 is 6.25. The Morgan fingerprint density at radius 2 is 2.21 bits per heavy atom. The molecule has 3 aliphatic rings. The van der Waals surface area contributed by atoms with Gasteiger partial charge in [0, 0.05) is 43.2 Å². The fraction of sp³-hybridized carbons (Fsp3) is 0.600. The summed E-state index contributed by atoms with van der Waals surface area (Å²) in [7, 11) is 0. The van der Waals surface area contributed by atoms with Gasteiger partial charge in [0.25, 0.3) is 0 Å². The Balaban J connectivity index is 1.35. The Morgan fingerprint density at radius 1 is 1.39 bits per heavy atom. The number of hydrogen-bond acceptors (Lipinski definition) is 6. The third kappa shape index (κ3) is 3.99. The summed E-state index contributed by atoms with van der Waals surface area (Å²) in [6.07, 6.45) is 0.652. The van der Waals surface area contributed by atoms with Crippen molar-refractivity contribution in [2.24, 2.45) is 4.99 Å². The molecule has 1 aromatic rings. The van der Waals surface area contributed by atoms with E-state index in [1.165, 1.54) is 5.56 Å². The van der Waals surface area contributed by atoms with Crippen molar-refractivity contribution in [3.05, 3.63) is 28.3 Å². The van der Waals surface area contributed by atoms with Crippen LogP contribution in [-0.4, -0.2) is 66.3 Å². The molecule has 28 heavy (non-hydrogen) atoms. The predicted octanol–water partition coefficient (Wildman–Crippen LogP) is 2.66. The number of aliphatic imine (C=N–C) groups is 1. The van der Waals surface area contributed by atoms with Gasteiger partial charge in [-0.05, 0) is 38.5 Å². The fourth-order valence-corrected chi connectivity index (χ4v) is 4.14. The van der Waals surface area contributed by atoms with Gasteiger partial charge in [-0.15, -0.1) is 0 Å². The zero-order chi connectivity index (χ0) is 19.9. The van der Waals surface area contributed by atoms with E-state index in [4.69, 9.17) is 21.1 Å². The number of ether oxygens (including phenoxy) is 2. The number of rotatable bonds is 2. The summed E-state index contributed by atoms with van der Waals surface area (Å²) in [4.78, 5) is 21.0. The molecule has 0 bridgehead atoms. The number of nitrogens with one attached hydrogen (secondary N) is 1. The molecule has 1 aromatic carbocycles. The quantitative estimate of drug-likeness (QED) is 0.817. The van der Waals surface area contributed by atoms with E-state index in [9.17, 15) is 4.79 Å². The largest absolute Gasteiger partial charge is 0.493 e. The van der Waals surface area contributed by atoms with Crippen molar-refractivity contribution in [1.29, 1.82) is 0 Å². The molecule has 1 amide bonds. The van der Waals surface area contributed by atoms with Gasteiger partial charge in [0.2, 0.25) is 0 Å². The molecule has 0 saturated carbocycles. The lowest BCUT2D eigenvalue weighted by molar-refractivity contribution is 0.0137. The number of carbonyl (C=O) groups excluding carboxylic acids is 1. The number of piperazine rings is 1. The first-order valence-electron chi connectivity index (χ1n) is 9.77. The second-order valence-corrected chi connectivity index (χ2v) is 8.88. The second-order valence-electron chi connectivity index (χ2n) is 8.44. The Labute approximate surface area is 170 Å². The Kier molecular flexibility index (Phi) is 5.04. The average molecular weight is 407 g/mol. The minimum Gasteiger partial charge on any atom is -0.493 e. The normalized spacial score (nSPS) is 21.0. The standard InChI is InChI=1S/C20H27ClN4O3/c1-20(2,3)28-19(26)24-5-6-25-16(12-24)11-23-18(25)22-10-14-9-15(21)8-13-4-7-27-17(13)14/h8-9,16H,4-7,10-12H2,1-3H3,(H,22,23). The van der Waals surface area contributed by atoms with Crippen LogP contribution in [0.3, 0.4) is 0 Å². The maximum atomic E-state index is 12.3. The molecule has 8 heteroatoms. The third-order valence-electron chi connectivity index (χ3n) is 5.12. The molecule has 0 spiro atoms. The van der Waals surface area contributed by atoms with E-state index in [1.54, 1.807) is 4.90 Å². The van der Waals surface area contributed by atoms with Gasteiger partial charge in [-0.25, -0.2) is 4.79 Å². The number of guanidine groups is 1. The highest BCUT2D eigenvalue weighted by Crippen LogP contribution is 2.33. The molecule has 7 nitrogen and oxygen atoms in total. The summed E-state index contributed by atoms with van der Waals surface area (Å²) in [5.41, 5.74) is 1.74. The second kappa shape index (κ2) is 7.35. The van der Waals surface area contributed by atoms with Gasteiger partial charge in [0.15, 0.2) is 5.96 Å². The summed E-state index contributed by atoms with van der Waals surface area (Å²) < 4.78 is 11.3. The molecule has 1 saturated heterocycles. The summed E-state index contributed by atoms with van der Waals surface area (Å²) in [5, 5.41) is 4.17. The van der Waals surface area contributed by atoms with Gasteiger partial charge in [-0.3, -0.25) is 4.99 Å². The monoisotopic (exact) mass is 406 g/mol. The predicted molar refractivity (Wildman–Crippen MR) is 108 cm³/mol. The van der Waals surface area contributed by atoms with Crippen LogP contribution in [0.4, 0.5) is 4.79 Å². The first kappa shape index (κ1) is 19.2. The van der Waals surface area contributed by atoms with Crippen molar-refractivity contribution in [3.8, 4) is 5.75 Å². The molecule has 1 N–H and O–H groups in total. The molecule has 3 aliphatic heterocycles. The number of fused-ring (bicyclic) bond motifs is 2. The zero-order valence-corrected chi connectivity index (χ0v) is 17.4. The van der Waals surface area contributed by atoms with E-state index in [2.05, 4.69) is 15.2 Å². The Bertz CT molecular complexity index is 805. The van der Waals surface area contributed by atoms with Gasteiger partial charge < -0.3 is 24.6 Å². The van der Waals surface area contributed by atoms with Crippen LogP contribution in [0, 0.1) is 0 Å². The number of benzene rings is 1. The molecule has 1 fully saturated rings. The van der Waals surface area contributed by atoms with E-state index in [0.717, 1.165) is 35.3 Å². The SMILES string of the molecule is CC(C)(C)OC(=O)N1CCN2C(NCc3cc(Cl)cc4c3OCC4)=NCC2C1. The van der Waals surface area contributed by atoms with E-state index >= 15 is 0 Å². The molecule has 1 unspecified atom stereocenters. The first-order chi connectivity index (χ1) is 13.3. The van der Waals surface area contributed by atoms with E-state index in [1.807, 2.05) is 32.9 Å². The van der Waals surface area contributed by atoms with Crippen LogP contribution in [0.15, 0.2) is 17.1 Å². The van der Waals surface area contributed by atoms with Crippen LogP contribution < -0.4 is 10.1 Å². The average Bonchev–Trinajstić information content (AvgIpc) is 3.24. The highest BCUT2D eigenvalue weighted by Gasteiger charge is 2.36. The number of halogens is 1. The van der Waals surface area contributed by atoms with Crippen LogP contribution in [0.5, 0.6) is 5.75 Å². The summed E-state index contributed by atoms with van der Waals surface area (Å²) in [6, 6.07) is 4.11. The smallest absolute Gasteiger partial charge is 0.410 e. The van der Waals surface area contributed by atoms with E-state index in [-0.39, 0.29) is 12.1 Å². The van der Waals surface area contributed by atoms with Gasteiger partial charge in [0.05, 0.1) is 19.2 Å². The van der Waals surface area contributed by atoms with Crippen LogP contribution in [0.2, 0.25) is 5.02 Å². The van der Waals surface area contributed by atoms with Crippen LogP contribution in [-0.2, 0) is 17.7 Å². The van der Waals surface area contributed by atoms with Crippen molar-refractivity contribution in [3.63, 3.8) is 0 Å². The lowest BCUT2D eigenvalue weighted by Crippen LogP contribution is -2.57. The zero-order valence-electron chi connectivity index (χ0n) is 16.6. The van der Waals surface area contributed by atoms with Crippen molar-refractivity contribution >= 4 is 23.7 Å². The number of amides is 1. The molecule has 152 valence electrons. The summed E-state index contributed by atoms with van der Waals surface area (Å²) in [6.45, 7) is 9.64. The molecule has 0 aromatic heterocycles. The highest BCUT2D eigenvalue weighted by molar-refractivity contribution is 6.30. The minimum atomic E-state index is -0.480. The van der Waals surface area contributed by atoms with Gasteiger partial charge in [-0.1, -0.05) is 11.6 Å². The van der Waals surface area contributed by atoms with Gasteiger partial charge >= 0.3 is 6.09 Å². The maximum absolute atomic E-state index is 12.3. The van der Waals surface area contributed by atoms with Gasteiger partial charge in [0.1, 0.15) is 11.4 Å².